The molecule has 1 N–H and O–H groups in total. The van der Waals surface area contributed by atoms with Crippen LogP contribution in [0.4, 0.5) is 0 Å². The van der Waals surface area contributed by atoms with Crippen LogP contribution in [0.5, 0.6) is 0 Å². The van der Waals surface area contributed by atoms with Gasteiger partial charge in [-0.05, 0) is 24.9 Å². The summed E-state index contributed by atoms with van der Waals surface area (Å²) in [7, 11) is 0. The van der Waals surface area contributed by atoms with Crippen molar-refractivity contribution in [1.82, 2.24) is 15.5 Å². The van der Waals surface area contributed by atoms with E-state index in [9.17, 15) is 0 Å². The van der Waals surface area contributed by atoms with Crippen molar-refractivity contribution in [1.29, 1.82) is 0 Å². The van der Waals surface area contributed by atoms with E-state index in [1.807, 2.05) is 18.2 Å². The molecule has 2 aromatic rings. The van der Waals surface area contributed by atoms with Gasteiger partial charge in [-0.25, -0.2) is 0 Å². The molecular formula is C15H19N3O2. The fraction of sp³-hybridized carbons (Fsp3) is 0.467. The van der Waals surface area contributed by atoms with E-state index in [4.69, 9.17) is 9.15 Å². The van der Waals surface area contributed by atoms with Crippen molar-refractivity contribution >= 4 is 0 Å². The summed E-state index contributed by atoms with van der Waals surface area (Å²) in [4.78, 5) is 0. The molecule has 5 heteroatoms. The van der Waals surface area contributed by atoms with E-state index in [-0.39, 0.29) is 12.1 Å². The van der Waals surface area contributed by atoms with Crippen LogP contribution < -0.4 is 5.32 Å². The van der Waals surface area contributed by atoms with E-state index in [0.717, 1.165) is 31.6 Å². The zero-order valence-electron chi connectivity index (χ0n) is 11.6. The van der Waals surface area contributed by atoms with Gasteiger partial charge < -0.3 is 14.5 Å². The van der Waals surface area contributed by atoms with Gasteiger partial charge >= 0.3 is 0 Å². The van der Waals surface area contributed by atoms with E-state index in [1.165, 1.54) is 0 Å². The van der Waals surface area contributed by atoms with Gasteiger partial charge in [0.05, 0.1) is 0 Å². The molecule has 0 bridgehead atoms. The summed E-state index contributed by atoms with van der Waals surface area (Å²) in [5, 5.41) is 11.7. The van der Waals surface area contributed by atoms with Crippen molar-refractivity contribution in [2.24, 2.45) is 0 Å². The quantitative estimate of drug-likeness (QED) is 0.907. The molecule has 5 nitrogen and oxygen atoms in total. The fourth-order valence-corrected chi connectivity index (χ4v) is 2.46. The Hall–Kier alpha value is -1.72. The number of hydrogen-bond donors (Lipinski definition) is 1. The molecular weight excluding hydrogens is 254 g/mol. The van der Waals surface area contributed by atoms with Gasteiger partial charge in [-0.2, -0.15) is 0 Å². The normalized spacial score (nSPS) is 20.1. The van der Waals surface area contributed by atoms with Crippen molar-refractivity contribution in [3.05, 3.63) is 47.7 Å². The Labute approximate surface area is 118 Å². The fourth-order valence-electron chi connectivity index (χ4n) is 2.46. The molecule has 0 saturated carbocycles. The predicted molar refractivity (Wildman–Crippen MR) is 74.2 cm³/mol. The van der Waals surface area contributed by atoms with Crippen molar-refractivity contribution in [2.45, 2.75) is 31.9 Å². The Morgan fingerprint density at radius 3 is 2.85 bits per heavy atom. The first-order chi connectivity index (χ1) is 9.88. The maximum Gasteiger partial charge on any atom is 0.245 e. The smallest absolute Gasteiger partial charge is 0.245 e. The Morgan fingerprint density at radius 1 is 1.30 bits per heavy atom. The third kappa shape index (κ3) is 2.73. The van der Waals surface area contributed by atoms with E-state index in [1.54, 1.807) is 0 Å². The molecule has 1 aliphatic rings. The molecule has 0 aliphatic carbocycles. The highest BCUT2D eigenvalue weighted by atomic mass is 16.5. The number of benzene rings is 1. The topological polar surface area (TPSA) is 60.2 Å². The second-order valence-corrected chi connectivity index (χ2v) is 4.88. The van der Waals surface area contributed by atoms with Crippen molar-refractivity contribution < 1.29 is 9.15 Å². The third-order valence-electron chi connectivity index (χ3n) is 3.45. The number of hydrogen-bond acceptors (Lipinski definition) is 5. The van der Waals surface area contributed by atoms with Gasteiger partial charge in [0, 0.05) is 6.61 Å². The molecule has 1 aromatic heterocycles. The number of nitrogens with one attached hydrogen (secondary N) is 1. The lowest BCUT2D eigenvalue weighted by Crippen LogP contribution is -2.22. The maximum absolute atomic E-state index is 5.83. The first kappa shape index (κ1) is 13.3. The number of nitrogens with zero attached hydrogens (tertiary/aromatic N) is 2. The highest BCUT2D eigenvalue weighted by Crippen LogP contribution is 2.29. The van der Waals surface area contributed by atoms with Crippen LogP contribution >= 0.6 is 0 Å². The van der Waals surface area contributed by atoms with Crippen LogP contribution in [0.2, 0.25) is 0 Å². The summed E-state index contributed by atoms with van der Waals surface area (Å²) < 4.78 is 11.4. The summed E-state index contributed by atoms with van der Waals surface area (Å²) in [6.45, 7) is 3.67. The minimum absolute atomic E-state index is 0.0331. The molecule has 106 valence electrons. The number of ether oxygens (including phenoxy) is 1. The Balaban J connectivity index is 1.84. The Kier molecular flexibility index (Phi) is 4.08. The summed E-state index contributed by atoms with van der Waals surface area (Å²) in [5.41, 5.74) is 1.12. The number of aromatic nitrogens is 2. The molecule has 0 spiro atoms. The molecule has 1 saturated heterocycles. The van der Waals surface area contributed by atoms with Crippen LogP contribution in [-0.4, -0.2) is 23.3 Å². The standard InChI is InChI=1S/C15H19N3O2/c1-2-16-13(11-7-4-3-5-8-11)15-18-17-14(20-15)12-9-6-10-19-12/h3-5,7-8,12-13,16H,2,6,9-10H2,1H3. The van der Waals surface area contributed by atoms with Crippen molar-refractivity contribution in [2.75, 3.05) is 13.2 Å². The lowest BCUT2D eigenvalue weighted by Gasteiger charge is -2.14. The molecule has 1 fully saturated rings. The molecule has 0 amide bonds. The van der Waals surface area contributed by atoms with Gasteiger partial charge in [-0.1, -0.05) is 37.3 Å². The van der Waals surface area contributed by atoms with E-state index in [0.29, 0.717) is 11.8 Å². The maximum atomic E-state index is 5.83. The highest BCUT2D eigenvalue weighted by Gasteiger charge is 2.26. The van der Waals surface area contributed by atoms with Gasteiger partial charge in [-0.3, -0.25) is 0 Å². The van der Waals surface area contributed by atoms with Crippen LogP contribution in [0.3, 0.4) is 0 Å². The second kappa shape index (κ2) is 6.15. The van der Waals surface area contributed by atoms with Crippen LogP contribution in [0.25, 0.3) is 0 Å². The van der Waals surface area contributed by atoms with E-state index < -0.39 is 0 Å². The minimum Gasteiger partial charge on any atom is -0.420 e. The summed E-state index contributed by atoms with van der Waals surface area (Å²) in [5.74, 6) is 1.19. The van der Waals surface area contributed by atoms with Crippen LogP contribution in [-0.2, 0) is 4.74 Å². The molecule has 2 heterocycles. The SMILES string of the molecule is CCNC(c1ccccc1)c1nnc(C2CCCO2)o1. The Morgan fingerprint density at radius 2 is 2.15 bits per heavy atom. The average Bonchev–Trinajstić information content (AvgIpc) is 3.16. The first-order valence-corrected chi connectivity index (χ1v) is 7.11. The zero-order valence-corrected chi connectivity index (χ0v) is 11.6. The Bertz CT molecular complexity index is 535. The van der Waals surface area contributed by atoms with Crippen LogP contribution in [0.15, 0.2) is 34.7 Å². The first-order valence-electron chi connectivity index (χ1n) is 7.11. The summed E-state index contributed by atoms with van der Waals surface area (Å²) in [6, 6.07) is 10.1. The molecule has 1 aliphatic heterocycles. The van der Waals surface area contributed by atoms with Gasteiger partial charge in [0.1, 0.15) is 12.1 Å². The molecule has 0 radical (unpaired) electrons. The molecule has 1 aromatic carbocycles. The van der Waals surface area contributed by atoms with Crippen molar-refractivity contribution in [3.8, 4) is 0 Å². The lowest BCUT2D eigenvalue weighted by molar-refractivity contribution is 0.0876. The van der Waals surface area contributed by atoms with Gasteiger partial charge in [-0.15, -0.1) is 10.2 Å². The minimum atomic E-state index is -0.0659. The molecule has 3 rings (SSSR count). The molecule has 20 heavy (non-hydrogen) atoms. The summed E-state index contributed by atoms with van der Waals surface area (Å²) >= 11 is 0. The van der Waals surface area contributed by atoms with Gasteiger partial charge in [0.2, 0.25) is 11.8 Å². The van der Waals surface area contributed by atoms with Gasteiger partial charge in [0.25, 0.3) is 0 Å². The average molecular weight is 273 g/mol. The molecule has 2 unspecified atom stereocenters. The van der Waals surface area contributed by atoms with E-state index in [2.05, 4.69) is 34.6 Å². The van der Waals surface area contributed by atoms with Crippen LogP contribution in [0, 0.1) is 0 Å². The number of rotatable bonds is 5. The third-order valence-corrected chi connectivity index (χ3v) is 3.45. The van der Waals surface area contributed by atoms with Gasteiger partial charge in [0.15, 0.2) is 0 Å². The van der Waals surface area contributed by atoms with Crippen LogP contribution in [0.1, 0.15) is 49.3 Å². The summed E-state index contributed by atoms with van der Waals surface area (Å²) in [6.07, 6.45) is 1.98. The monoisotopic (exact) mass is 273 g/mol. The highest BCUT2D eigenvalue weighted by molar-refractivity contribution is 5.23. The molecule has 2 atom stereocenters. The lowest BCUT2D eigenvalue weighted by atomic mass is 10.1. The van der Waals surface area contributed by atoms with Crippen molar-refractivity contribution in [3.63, 3.8) is 0 Å². The van der Waals surface area contributed by atoms with E-state index >= 15 is 0 Å². The zero-order chi connectivity index (χ0) is 13.8. The second-order valence-electron chi connectivity index (χ2n) is 4.88. The predicted octanol–water partition coefficient (Wildman–Crippen LogP) is 2.62. The largest absolute Gasteiger partial charge is 0.420 e.